The first kappa shape index (κ1) is 13.4. The van der Waals surface area contributed by atoms with Crippen molar-refractivity contribution in [3.05, 3.63) is 47.9 Å². The Morgan fingerprint density at radius 3 is 2.68 bits per heavy atom. The fourth-order valence-electron chi connectivity index (χ4n) is 1.47. The van der Waals surface area contributed by atoms with Crippen LogP contribution in [0.25, 0.3) is 0 Å². The summed E-state index contributed by atoms with van der Waals surface area (Å²) in [6.07, 6.45) is 1.33. The van der Waals surface area contributed by atoms with E-state index in [9.17, 15) is 12.8 Å². The molecule has 19 heavy (non-hydrogen) atoms. The number of nitrogens with two attached hydrogens (primary N) is 1. The predicted octanol–water partition coefficient (Wildman–Crippen LogP) is 1.97. The molecule has 7 heteroatoms. The average molecular weight is 282 g/mol. The smallest absolute Gasteiger partial charge is 0.243 e. The summed E-state index contributed by atoms with van der Waals surface area (Å²) in [5, 5.41) is 5.04. The van der Waals surface area contributed by atoms with E-state index in [-0.39, 0.29) is 16.5 Å². The van der Waals surface area contributed by atoms with E-state index in [0.717, 1.165) is 0 Å². The molecule has 2 aromatic rings. The van der Waals surface area contributed by atoms with Gasteiger partial charge < -0.3 is 4.74 Å². The van der Waals surface area contributed by atoms with Gasteiger partial charge in [-0.1, -0.05) is 12.1 Å². The van der Waals surface area contributed by atoms with Crippen LogP contribution in [0.5, 0.6) is 11.6 Å². The SMILES string of the molecule is Cc1cccc(Oc2ncccc2S(N)(=O)=O)c1F. The van der Waals surface area contributed by atoms with Crippen molar-refractivity contribution >= 4 is 10.0 Å². The lowest BCUT2D eigenvalue weighted by molar-refractivity contribution is 0.414. The van der Waals surface area contributed by atoms with E-state index in [0.29, 0.717) is 5.56 Å². The number of benzene rings is 1. The number of rotatable bonds is 3. The van der Waals surface area contributed by atoms with Crippen LogP contribution in [0.3, 0.4) is 0 Å². The highest BCUT2D eigenvalue weighted by atomic mass is 32.2. The van der Waals surface area contributed by atoms with Crippen molar-refractivity contribution < 1.29 is 17.5 Å². The molecule has 2 N–H and O–H groups in total. The second-order valence-corrected chi connectivity index (χ2v) is 5.37. The molecular weight excluding hydrogens is 271 g/mol. The van der Waals surface area contributed by atoms with Crippen LogP contribution in [-0.4, -0.2) is 13.4 Å². The van der Waals surface area contributed by atoms with Crippen LogP contribution in [0.2, 0.25) is 0 Å². The third-order valence-electron chi connectivity index (χ3n) is 2.41. The molecule has 1 aromatic carbocycles. The Kier molecular flexibility index (Phi) is 3.50. The standard InChI is InChI=1S/C12H11FN2O3S/c1-8-4-2-5-9(11(8)13)18-12-10(19(14,16)17)6-3-7-15-12/h2-7H,1H3,(H2,14,16,17). The van der Waals surface area contributed by atoms with E-state index in [1.54, 1.807) is 19.1 Å². The van der Waals surface area contributed by atoms with E-state index in [4.69, 9.17) is 9.88 Å². The van der Waals surface area contributed by atoms with E-state index < -0.39 is 15.8 Å². The molecule has 0 spiro atoms. The predicted molar refractivity (Wildman–Crippen MR) is 66.8 cm³/mol. The number of pyridine rings is 1. The van der Waals surface area contributed by atoms with Gasteiger partial charge in [0.25, 0.3) is 0 Å². The molecule has 0 radical (unpaired) electrons. The van der Waals surface area contributed by atoms with Crippen LogP contribution in [0, 0.1) is 12.7 Å². The van der Waals surface area contributed by atoms with Crippen molar-refractivity contribution in [2.75, 3.05) is 0 Å². The minimum absolute atomic E-state index is 0.108. The summed E-state index contributed by atoms with van der Waals surface area (Å²) in [6.45, 7) is 1.57. The number of nitrogens with zero attached hydrogens (tertiary/aromatic N) is 1. The number of hydrogen-bond acceptors (Lipinski definition) is 4. The number of aromatic nitrogens is 1. The molecular formula is C12H11FN2O3S. The summed E-state index contributed by atoms with van der Waals surface area (Å²) in [7, 11) is -3.99. The van der Waals surface area contributed by atoms with Gasteiger partial charge in [-0.25, -0.2) is 22.9 Å². The molecule has 0 aliphatic heterocycles. The maximum atomic E-state index is 13.8. The molecule has 0 saturated carbocycles. The van der Waals surface area contributed by atoms with Gasteiger partial charge in [0.05, 0.1) is 0 Å². The molecule has 0 aliphatic rings. The van der Waals surface area contributed by atoms with Gasteiger partial charge in [-0.3, -0.25) is 0 Å². The summed E-state index contributed by atoms with van der Waals surface area (Å²) in [5.41, 5.74) is 0.380. The summed E-state index contributed by atoms with van der Waals surface area (Å²) >= 11 is 0. The molecule has 1 aromatic heterocycles. The minimum Gasteiger partial charge on any atom is -0.435 e. The third-order valence-corrected chi connectivity index (χ3v) is 3.33. The minimum atomic E-state index is -3.99. The van der Waals surface area contributed by atoms with Gasteiger partial charge in [-0.05, 0) is 30.7 Å². The maximum absolute atomic E-state index is 13.8. The van der Waals surface area contributed by atoms with Crippen LogP contribution >= 0.6 is 0 Å². The Labute approximate surface area is 109 Å². The molecule has 100 valence electrons. The first-order valence-corrected chi connectivity index (χ1v) is 6.85. The Hall–Kier alpha value is -1.99. The lowest BCUT2D eigenvalue weighted by Gasteiger charge is -2.09. The van der Waals surface area contributed by atoms with E-state index >= 15 is 0 Å². The Morgan fingerprint density at radius 2 is 2.00 bits per heavy atom. The number of aryl methyl sites for hydroxylation is 1. The highest BCUT2D eigenvalue weighted by Gasteiger charge is 2.18. The Morgan fingerprint density at radius 1 is 1.26 bits per heavy atom. The van der Waals surface area contributed by atoms with Crippen molar-refractivity contribution in [2.45, 2.75) is 11.8 Å². The lowest BCUT2D eigenvalue weighted by atomic mass is 10.2. The highest BCUT2D eigenvalue weighted by molar-refractivity contribution is 7.89. The fourth-order valence-corrected chi connectivity index (χ4v) is 2.08. The zero-order valence-electron chi connectivity index (χ0n) is 10.00. The Balaban J connectivity index is 2.48. The largest absolute Gasteiger partial charge is 0.435 e. The first-order chi connectivity index (χ1) is 8.89. The highest BCUT2D eigenvalue weighted by Crippen LogP contribution is 2.28. The van der Waals surface area contributed by atoms with Gasteiger partial charge in [-0.15, -0.1) is 0 Å². The third kappa shape index (κ3) is 2.88. The number of hydrogen-bond donors (Lipinski definition) is 1. The molecule has 0 amide bonds. The van der Waals surface area contributed by atoms with Crippen molar-refractivity contribution in [1.82, 2.24) is 4.98 Å². The maximum Gasteiger partial charge on any atom is 0.243 e. The van der Waals surface area contributed by atoms with Gasteiger partial charge in [-0.2, -0.15) is 0 Å². The lowest BCUT2D eigenvalue weighted by Crippen LogP contribution is -2.13. The van der Waals surface area contributed by atoms with Gasteiger partial charge in [0, 0.05) is 6.20 Å². The van der Waals surface area contributed by atoms with Crippen LogP contribution < -0.4 is 9.88 Å². The first-order valence-electron chi connectivity index (χ1n) is 5.30. The number of halogens is 1. The summed E-state index contributed by atoms with van der Waals surface area (Å²) in [4.78, 5) is 3.47. The topological polar surface area (TPSA) is 82.3 Å². The number of ether oxygens (including phenoxy) is 1. The second kappa shape index (κ2) is 4.94. The molecule has 5 nitrogen and oxygen atoms in total. The van der Waals surface area contributed by atoms with Crippen molar-refractivity contribution in [3.8, 4) is 11.6 Å². The zero-order chi connectivity index (χ0) is 14.0. The van der Waals surface area contributed by atoms with Gasteiger partial charge in [0.2, 0.25) is 15.9 Å². The zero-order valence-corrected chi connectivity index (χ0v) is 10.8. The van der Waals surface area contributed by atoms with Crippen LogP contribution in [0.1, 0.15) is 5.56 Å². The quantitative estimate of drug-likeness (QED) is 0.933. The second-order valence-electron chi connectivity index (χ2n) is 3.84. The molecule has 0 atom stereocenters. The van der Waals surface area contributed by atoms with Crippen LogP contribution in [0.4, 0.5) is 4.39 Å². The summed E-state index contributed by atoms with van der Waals surface area (Å²) < 4.78 is 41.7. The summed E-state index contributed by atoms with van der Waals surface area (Å²) in [6, 6.07) is 7.18. The fraction of sp³-hybridized carbons (Fsp3) is 0.0833. The Bertz CT molecular complexity index is 717. The monoisotopic (exact) mass is 282 g/mol. The molecule has 0 saturated heterocycles. The molecule has 0 aliphatic carbocycles. The molecule has 0 bridgehead atoms. The molecule has 1 heterocycles. The van der Waals surface area contributed by atoms with Crippen molar-refractivity contribution in [2.24, 2.45) is 5.14 Å². The average Bonchev–Trinajstić information content (AvgIpc) is 2.34. The van der Waals surface area contributed by atoms with E-state index in [2.05, 4.69) is 4.98 Å². The normalized spacial score (nSPS) is 11.3. The van der Waals surface area contributed by atoms with Gasteiger partial charge in [0.1, 0.15) is 4.90 Å². The van der Waals surface area contributed by atoms with E-state index in [1.165, 1.54) is 24.4 Å². The van der Waals surface area contributed by atoms with E-state index in [1.807, 2.05) is 0 Å². The number of sulfonamides is 1. The van der Waals surface area contributed by atoms with Gasteiger partial charge >= 0.3 is 0 Å². The summed E-state index contributed by atoms with van der Waals surface area (Å²) in [5.74, 6) is -0.938. The molecule has 0 fully saturated rings. The van der Waals surface area contributed by atoms with Crippen molar-refractivity contribution in [1.29, 1.82) is 0 Å². The van der Waals surface area contributed by atoms with Crippen LogP contribution in [0.15, 0.2) is 41.4 Å². The van der Waals surface area contributed by atoms with Crippen LogP contribution in [-0.2, 0) is 10.0 Å². The number of primary sulfonamides is 1. The molecule has 2 rings (SSSR count). The molecule has 0 unspecified atom stereocenters. The van der Waals surface area contributed by atoms with Crippen molar-refractivity contribution in [3.63, 3.8) is 0 Å². The van der Waals surface area contributed by atoms with Gasteiger partial charge in [0.15, 0.2) is 11.6 Å².